The molecule has 1 heterocycles. The largest absolute Gasteiger partial charge is 0.497 e. The molecule has 1 fully saturated rings. The van der Waals surface area contributed by atoms with E-state index in [0.717, 1.165) is 5.69 Å². The van der Waals surface area contributed by atoms with Crippen molar-refractivity contribution in [2.24, 2.45) is 0 Å². The van der Waals surface area contributed by atoms with Gasteiger partial charge in [0.05, 0.1) is 34.5 Å². The van der Waals surface area contributed by atoms with E-state index in [1.165, 1.54) is 21.3 Å². The Morgan fingerprint density at radius 3 is 2.28 bits per heavy atom. The molecule has 0 spiro atoms. The van der Waals surface area contributed by atoms with E-state index >= 15 is 0 Å². The molecule has 1 aliphatic heterocycles. The topological polar surface area (TPSA) is 86.3 Å². The lowest BCUT2D eigenvalue weighted by Gasteiger charge is -2.18. The smallest absolute Gasteiger partial charge is 0.251 e. The Morgan fingerprint density at radius 1 is 1.00 bits per heavy atom. The van der Waals surface area contributed by atoms with Gasteiger partial charge in [0.15, 0.2) is 11.5 Å². The molecule has 154 valence electrons. The predicted octanol–water partition coefficient (Wildman–Crippen LogP) is 2.26. The number of ether oxygens (including phenoxy) is 4. The van der Waals surface area contributed by atoms with Gasteiger partial charge in [-0.2, -0.15) is 0 Å². The fraction of sp³-hybridized carbons (Fsp3) is 0.333. The molecule has 2 aromatic carbocycles. The molecule has 0 bridgehead atoms. The Kier molecular flexibility index (Phi) is 6.11. The molecule has 0 radical (unpaired) electrons. The van der Waals surface area contributed by atoms with Crippen molar-refractivity contribution >= 4 is 17.5 Å². The number of amides is 2. The van der Waals surface area contributed by atoms with E-state index in [-0.39, 0.29) is 24.3 Å². The van der Waals surface area contributed by atoms with Gasteiger partial charge in [0.25, 0.3) is 5.91 Å². The Morgan fingerprint density at radius 2 is 1.69 bits per heavy atom. The van der Waals surface area contributed by atoms with E-state index in [1.807, 2.05) is 18.2 Å². The summed E-state index contributed by atoms with van der Waals surface area (Å²) < 4.78 is 21.1. The SMILES string of the molecule is COc1cccc(N2CC(NC(=O)c3cc(OC)c(OC)c(OC)c3)CC2=O)c1. The van der Waals surface area contributed by atoms with Gasteiger partial charge >= 0.3 is 0 Å². The molecule has 1 unspecified atom stereocenters. The van der Waals surface area contributed by atoms with Crippen LogP contribution in [-0.4, -0.2) is 52.8 Å². The summed E-state index contributed by atoms with van der Waals surface area (Å²) in [7, 11) is 6.05. The van der Waals surface area contributed by atoms with Gasteiger partial charge in [-0.1, -0.05) is 6.07 Å². The second kappa shape index (κ2) is 8.72. The molecule has 3 rings (SSSR count). The quantitative estimate of drug-likeness (QED) is 0.767. The molecule has 0 aliphatic carbocycles. The first-order valence-corrected chi connectivity index (χ1v) is 9.06. The average Bonchev–Trinajstić information content (AvgIpc) is 3.12. The highest BCUT2D eigenvalue weighted by molar-refractivity contribution is 5.99. The highest BCUT2D eigenvalue weighted by Gasteiger charge is 2.32. The van der Waals surface area contributed by atoms with Gasteiger partial charge in [0.2, 0.25) is 11.7 Å². The molecule has 1 saturated heterocycles. The maximum absolute atomic E-state index is 12.8. The van der Waals surface area contributed by atoms with Crippen molar-refractivity contribution in [1.29, 1.82) is 0 Å². The van der Waals surface area contributed by atoms with E-state index < -0.39 is 0 Å². The second-order valence-electron chi connectivity index (χ2n) is 6.49. The van der Waals surface area contributed by atoms with Gasteiger partial charge in [-0.05, 0) is 24.3 Å². The molecule has 0 saturated carbocycles. The average molecular weight is 400 g/mol. The number of nitrogens with one attached hydrogen (secondary N) is 1. The summed E-state index contributed by atoms with van der Waals surface area (Å²) in [5.74, 6) is 1.46. The van der Waals surface area contributed by atoms with E-state index in [9.17, 15) is 9.59 Å². The van der Waals surface area contributed by atoms with Crippen LogP contribution >= 0.6 is 0 Å². The number of methoxy groups -OCH3 is 4. The van der Waals surface area contributed by atoms with Gasteiger partial charge in [0.1, 0.15) is 5.75 Å². The first kappa shape index (κ1) is 20.3. The van der Waals surface area contributed by atoms with Crippen molar-refractivity contribution < 1.29 is 28.5 Å². The minimum absolute atomic E-state index is 0.0616. The van der Waals surface area contributed by atoms with Crippen LogP contribution in [0.5, 0.6) is 23.0 Å². The third kappa shape index (κ3) is 4.21. The second-order valence-corrected chi connectivity index (χ2v) is 6.49. The predicted molar refractivity (Wildman–Crippen MR) is 107 cm³/mol. The van der Waals surface area contributed by atoms with Crippen molar-refractivity contribution in [3.63, 3.8) is 0 Å². The zero-order chi connectivity index (χ0) is 21.0. The van der Waals surface area contributed by atoms with Crippen molar-refractivity contribution in [3.05, 3.63) is 42.0 Å². The fourth-order valence-corrected chi connectivity index (χ4v) is 3.31. The highest BCUT2D eigenvalue weighted by Crippen LogP contribution is 2.38. The number of hydrogen-bond donors (Lipinski definition) is 1. The first-order valence-electron chi connectivity index (χ1n) is 9.06. The first-order chi connectivity index (χ1) is 14.0. The van der Waals surface area contributed by atoms with E-state index in [0.29, 0.717) is 35.1 Å². The van der Waals surface area contributed by atoms with Crippen LogP contribution in [0.4, 0.5) is 5.69 Å². The summed E-state index contributed by atoms with van der Waals surface area (Å²) in [6, 6.07) is 10.1. The summed E-state index contributed by atoms with van der Waals surface area (Å²) >= 11 is 0. The third-order valence-electron chi connectivity index (χ3n) is 4.75. The van der Waals surface area contributed by atoms with Crippen LogP contribution in [0.1, 0.15) is 16.8 Å². The Bertz CT molecular complexity index is 889. The minimum Gasteiger partial charge on any atom is -0.497 e. The van der Waals surface area contributed by atoms with Crippen LogP contribution < -0.4 is 29.2 Å². The van der Waals surface area contributed by atoms with Crippen LogP contribution in [0.25, 0.3) is 0 Å². The molecule has 1 N–H and O–H groups in total. The molecular formula is C21H24N2O6. The standard InChI is InChI=1S/C21H24N2O6/c1-26-16-7-5-6-15(11-16)23-12-14(10-19(23)24)22-21(25)13-8-17(27-2)20(29-4)18(9-13)28-3/h5-9,11,14H,10,12H2,1-4H3,(H,22,25). The van der Waals surface area contributed by atoms with Gasteiger partial charge in [0, 0.05) is 30.3 Å². The zero-order valence-corrected chi connectivity index (χ0v) is 16.9. The molecule has 1 atom stereocenters. The monoisotopic (exact) mass is 400 g/mol. The summed E-state index contributed by atoms with van der Waals surface area (Å²) in [4.78, 5) is 26.9. The normalized spacial score (nSPS) is 15.8. The molecule has 2 amide bonds. The van der Waals surface area contributed by atoms with Crippen LogP contribution in [0.3, 0.4) is 0 Å². The summed E-state index contributed by atoms with van der Waals surface area (Å²) in [6.45, 7) is 0.377. The molecule has 0 aromatic heterocycles. The molecule has 8 nitrogen and oxygen atoms in total. The van der Waals surface area contributed by atoms with E-state index in [2.05, 4.69) is 5.32 Å². The van der Waals surface area contributed by atoms with Crippen LogP contribution in [0, 0.1) is 0 Å². The van der Waals surface area contributed by atoms with Crippen LogP contribution in [0.2, 0.25) is 0 Å². The number of rotatable bonds is 7. The van der Waals surface area contributed by atoms with Crippen molar-refractivity contribution in [3.8, 4) is 23.0 Å². The number of anilines is 1. The number of carbonyl (C=O) groups excluding carboxylic acids is 2. The molecule has 1 aliphatic rings. The lowest BCUT2D eigenvalue weighted by atomic mass is 10.1. The maximum Gasteiger partial charge on any atom is 0.251 e. The fourth-order valence-electron chi connectivity index (χ4n) is 3.31. The lowest BCUT2D eigenvalue weighted by Crippen LogP contribution is -2.37. The number of benzene rings is 2. The van der Waals surface area contributed by atoms with Gasteiger partial charge in [-0.15, -0.1) is 0 Å². The summed E-state index contributed by atoms with van der Waals surface area (Å²) in [6.07, 6.45) is 0.216. The molecule has 8 heteroatoms. The third-order valence-corrected chi connectivity index (χ3v) is 4.75. The van der Waals surface area contributed by atoms with Crippen molar-refractivity contribution in [2.75, 3.05) is 39.9 Å². The number of nitrogens with zero attached hydrogens (tertiary/aromatic N) is 1. The Balaban J connectivity index is 1.75. The van der Waals surface area contributed by atoms with Crippen molar-refractivity contribution in [1.82, 2.24) is 5.32 Å². The highest BCUT2D eigenvalue weighted by atomic mass is 16.5. The molecule has 29 heavy (non-hydrogen) atoms. The van der Waals surface area contributed by atoms with E-state index in [1.54, 1.807) is 30.2 Å². The van der Waals surface area contributed by atoms with Gasteiger partial charge in [-0.25, -0.2) is 0 Å². The van der Waals surface area contributed by atoms with Gasteiger partial charge < -0.3 is 29.2 Å². The van der Waals surface area contributed by atoms with E-state index in [4.69, 9.17) is 18.9 Å². The number of hydrogen-bond acceptors (Lipinski definition) is 6. The van der Waals surface area contributed by atoms with Gasteiger partial charge in [-0.3, -0.25) is 9.59 Å². The van der Waals surface area contributed by atoms with Crippen LogP contribution in [0.15, 0.2) is 36.4 Å². The zero-order valence-electron chi connectivity index (χ0n) is 16.9. The van der Waals surface area contributed by atoms with Crippen molar-refractivity contribution in [2.45, 2.75) is 12.5 Å². The Hall–Kier alpha value is -3.42. The Labute approximate surface area is 169 Å². The molecule has 2 aromatic rings. The maximum atomic E-state index is 12.8. The number of carbonyl (C=O) groups is 2. The summed E-state index contributed by atoms with van der Waals surface area (Å²) in [5.41, 5.74) is 1.09. The summed E-state index contributed by atoms with van der Waals surface area (Å²) in [5, 5.41) is 2.91. The molecular weight excluding hydrogens is 376 g/mol. The lowest BCUT2D eigenvalue weighted by molar-refractivity contribution is -0.117. The van der Waals surface area contributed by atoms with Crippen LogP contribution in [-0.2, 0) is 4.79 Å². The minimum atomic E-state index is -0.324.